The van der Waals surface area contributed by atoms with Crippen LogP contribution in [0.25, 0.3) is 16.6 Å². The normalized spacial score (nSPS) is 15.9. The standard InChI is InChI=1S/C26H31N3O5/c1-17(27-24(31)34-25(2,3)4)22-28-19-12-9-13-20(33-16-26(5)14-32-15-26)21(19)23(30)29(22)18-10-7-6-8-11-18/h6-13,17H,14-16H2,1-5H3,(H,27,31)/t17-/m0/s1. The van der Waals surface area contributed by atoms with Crippen LogP contribution in [0.15, 0.2) is 53.3 Å². The first-order valence-electron chi connectivity index (χ1n) is 11.4. The van der Waals surface area contributed by atoms with Crippen LogP contribution in [0.5, 0.6) is 5.75 Å². The van der Waals surface area contributed by atoms with Gasteiger partial charge in [-0.05, 0) is 52.0 Å². The smallest absolute Gasteiger partial charge is 0.408 e. The van der Waals surface area contributed by atoms with Crippen molar-refractivity contribution < 1.29 is 19.0 Å². The van der Waals surface area contributed by atoms with Gasteiger partial charge in [0.05, 0.1) is 37.1 Å². The van der Waals surface area contributed by atoms with E-state index in [1.165, 1.54) is 4.57 Å². The number of carbonyl (C=O) groups is 1. The van der Waals surface area contributed by atoms with Crippen LogP contribution in [0.3, 0.4) is 0 Å². The van der Waals surface area contributed by atoms with E-state index in [1.54, 1.807) is 39.8 Å². The summed E-state index contributed by atoms with van der Waals surface area (Å²) in [7, 11) is 0. The van der Waals surface area contributed by atoms with Crippen LogP contribution in [0.4, 0.5) is 4.79 Å². The molecule has 1 aliphatic rings. The van der Waals surface area contributed by atoms with Crippen molar-refractivity contribution in [1.29, 1.82) is 0 Å². The Morgan fingerprint density at radius 3 is 2.50 bits per heavy atom. The van der Waals surface area contributed by atoms with E-state index in [1.807, 2.05) is 36.4 Å². The van der Waals surface area contributed by atoms with E-state index in [0.717, 1.165) is 0 Å². The van der Waals surface area contributed by atoms with E-state index in [4.69, 9.17) is 19.2 Å². The number of benzene rings is 2. The number of amides is 1. The number of nitrogens with one attached hydrogen (secondary N) is 1. The quantitative estimate of drug-likeness (QED) is 0.581. The molecule has 3 aromatic rings. The molecule has 0 bridgehead atoms. The maximum Gasteiger partial charge on any atom is 0.408 e. The van der Waals surface area contributed by atoms with E-state index < -0.39 is 17.7 Å². The number of hydrogen-bond donors (Lipinski definition) is 1. The molecule has 0 spiro atoms. The van der Waals surface area contributed by atoms with Crippen molar-refractivity contribution in [3.05, 3.63) is 64.7 Å². The summed E-state index contributed by atoms with van der Waals surface area (Å²) in [5.74, 6) is 0.873. The van der Waals surface area contributed by atoms with Gasteiger partial charge in [-0.25, -0.2) is 9.78 Å². The summed E-state index contributed by atoms with van der Waals surface area (Å²) >= 11 is 0. The van der Waals surface area contributed by atoms with E-state index >= 15 is 0 Å². The zero-order valence-electron chi connectivity index (χ0n) is 20.3. The Bertz CT molecular complexity index is 1240. The predicted octanol–water partition coefficient (Wildman–Crippen LogP) is 4.39. The minimum Gasteiger partial charge on any atom is -0.492 e. The van der Waals surface area contributed by atoms with Gasteiger partial charge in [-0.1, -0.05) is 31.2 Å². The van der Waals surface area contributed by atoms with Crippen LogP contribution < -0.4 is 15.6 Å². The lowest BCUT2D eigenvalue weighted by Gasteiger charge is -2.37. The fourth-order valence-electron chi connectivity index (χ4n) is 3.79. The molecule has 0 unspecified atom stereocenters. The molecular formula is C26H31N3O5. The molecule has 1 atom stereocenters. The van der Waals surface area contributed by atoms with Gasteiger partial charge >= 0.3 is 6.09 Å². The van der Waals surface area contributed by atoms with Crippen LogP contribution in [-0.4, -0.2) is 41.1 Å². The van der Waals surface area contributed by atoms with Crippen LogP contribution in [0.2, 0.25) is 0 Å². The monoisotopic (exact) mass is 465 g/mol. The fraction of sp³-hybridized carbons (Fsp3) is 0.423. The summed E-state index contributed by atoms with van der Waals surface area (Å²) in [6, 6.07) is 14.0. The number of aromatic nitrogens is 2. The summed E-state index contributed by atoms with van der Waals surface area (Å²) in [4.78, 5) is 31.1. The molecule has 0 radical (unpaired) electrons. The largest absolute Gasteiger partial charge is 0.492 e. The molecule has 1 fully saturated rings. The predicted molar refractivity (Wildman–Crippen MR) is 130 cm³/mol. The number of fused-ring (bicyclic) bond motifs is 1. The highest BCUT2D eigenvalue weighted by Crippen LogP contribution is 2.30. The average Bonchev–Trinajstić information content (AvgIpc) is 2.75. The second-order valence-electron chi connectivity index (χ2n) is 10.1. The first-order chi connectivity index (χ1) is 16.1. The number of hydrogen-bond acceptors (Lipinski definition) is 6. The van der Waals surface area contributed by atoms with Gasteiger partial charge in [0, 0.05) is 5.41 Å². The number of ether oxygens (including phenoxy) is 3. The average molecular weight is 466 g/mol. The molecule has 1 amide bonds. The van der Waals surface area contributed by atoms with E-state index in [-0.39, 0.29) is 11.0 Å². The Kier molecular flexibility index (Phi) is 6.36. The third-order valence-corrected chi connectivity index (χ3v) is 5.50. The van der Waals surface area contributed by atoms with Gasteiger partial charge in [0.25, 0.3) is 5.56 Å². The Balaban J connectivity index is 1.79. The molecule has 34 heavy (non-hydrogen) atoms. The third kappa shape index (κ3) is 5.07. The van der Waals surface area contributed by atoms with Gasteiger partial charge in [-0.15, -0.1) is 0 Å². The highest BCUT2D eigenvalue weighted by Gasteiger charge is 2.34. The SMILES string of the molecule is C[C@H](NC(=O)OC(C)(C)C)c1nc2cccc(OCC3(C)COC3)c2c(=O)n1-c1ccccc1. The molecule has 8 nitrogen and oxygen atoms in total. The first kappa shape index (κ1) is 23.8. The highest BCUT2D eigenvalue weighted by atomic mass is 16.6. The second kappa shape index (κ2) is 9.10. The Morgan fingerprint density at radius 2 is 1.88 bits per heavy atom. The summed E-state index contributed by atoms with van der Waals surface area (Å²) in [5, 5.41) is 3.19. The number of alkyl carbamates (subject to hydrolysis) is 1. The minimum absolute atomic E-state index is 0.0696. The van der Waals surface area contributed by atoms with Crippen molar-refractivity contribution in [2.75, 3.05) is 19.8 Å². The van der Waals surface area contributed by atoms with Gasteiger partial charge < -0.3 is 19.5 Å². The molecule has 4 rings (SSSR count). The topological polar surface area (TPSA) is 91.7 Å². The Morgan fingerprint density at radius 1 is 1.18 bits per heavy atom. The zero-order valence-corrected chi connectivity index (χ0v) is 20.3. The number of carbonyl (C=O) groups excluding carboxylic acids is 1. The maximum absolute atomic E-state index is 13.9. The number of nitrogens with zero attached hydrogens (tertiary/aromatic N) is 2. The van der Waals surface area contributed by atoms with Crippen molar-refractivity contribution in [3.63, 3.8) is 0 Å². The number of para-hydroxylation sites is 1. The second-order valence-corrected chi connectivity index (χ2v) is 10.1. The van der Waals surface area contributed by atoms with Crippen molar-refractivity contribution in [3.8, 4) is 11.4 Å². The Labute approximate surface area is 198 Å². The zero-order chi connectivity index (χ0) is 24.5. The molecule has 2 heterocycles. The lowest BCUT2D eigenvalue weighted by atomic mass is 9.90. The van der Waals surface area contributed by atoms with Crippen molar-refractivity contribution in [2.24, 2.45) is 5.41 Å². The lowest BCUT2D eigenvalue weighted by molar-refractivity contribution is -0.120. The van der Waals surface area contributed by atoms with Crippen molar-refractivity contribution in [2.45, 2.75) is 46.3 Å². The van der Waals surface area contributed by atoms with E-state index in [9.17, 15) is 9.59 Å². The Hall–Kier alpha value is -3.39. The summed E-state index contributed by atoms with van der Waals surface area (Å²) in [5.41, 5.74) is 0.157. The third-order valence-electron chi connectivity index (χ3n) is 5.50. The summed E-state index contributed by atoms with van der Waals surface area (Å²) < 4.78 is 18.3. The summed E-state index contributed by atoms with van der Waals surface area (Å²) in [6.45, 7) is 10.9. The van der Waals surface area contributed by atoms with Crippen LogP contribution in [-0.2, 0) is 9.47 Å². The van der Waals surface area contributed by atoms with Gasteiger partial charge in [0.15, 0.2) is 0 Å². The number of rotatable bonds is 6. The van der Waals surface area contributed by atoms with E-state index in [0.29, 0.717) is 48.0 Å². The molecule has 1 N–H and O–H groups in total. The molecular weight excluding hydrogens is 434 g/mol. The van der Waals surface area contributed by atoms with Crippen LogP contribution in [0, 0.1) is 5.41 Å². The molecule has 0 saturated carbocycles. The van der Waals surface area contributed by atoms with Crippen molar-refractivity contribution >= 4 is 17.0 Å². The first-order valence-corrected chi connectivity index (χ1v) is 11.4. The molecule has 1 saturated heterocycles. The van der Waals surface area contributed by atoms with Gasteiger partial charge in [-0.2, -0.15) is 0 Å². The van der Waals surface area contributed by atoms with Gasteiger partial charge in [0.1, 0.15) is 22.6 Å². The fourth-order valence-corrected chi connectivity index (χ4v) is 3.79. The molecule has 1 aliphatic heterocycles. The van der Waals surface area contributed by atoms with Gasteiger partial charge in [-0.3, -0.25) is 9.36 Å². The van der Waals surface area contributed by atoms with Crippen molar-refractivity contribution in [1.82, 2.24) is 14.9 Å². The van der Waals surface area contributed by atoms with Gasteiger partial charge in [0.2, 0.25) is 0 Å². The van der Waals surface area contributed by atoms with Crippen LogP contribution >= 0.6 is 0 Å². The van der Waals surface area contributed by atoms with E-state index in [2.05, 4.69) is 12.2 Å². The lowest BCUT2D eigenvalue weighted by Crippen LogP contribution is -2.44. The molecule has 2 aromatic carbocycles. The molecule has 1 aromatic heterocycles. The minimum atomic E-state index is -0.645. The highest BCUT2D eigenvalue weighted by molar-refractivity contribution is 5.84. The summed E-state index contributed by atoms with van der Waals surface area (Å²) in [6.07, 6.45) is -0.581. The van der Waals surface area contributed by atoms with Crippen LogP contribution in [0.1, 0.15) is 46.5 Å². The molecule has 0 aliphatic carbocycles. The molecule has 8 heteroatoms. The maximum atomic E-state index is 13.9. The molecule has 180 valence electrons.